The number of rotatable bonds is 0. The Morgan fingerprint density at radius 2 is 2.00 bits per heavy atom. The fraction of sp³-hybridized carbons (Fsp3) is 0.783. The number of likely N-dealkylation sites (N-methyl/N-ethyl adjacent to an activating group) is 1. The SMILES string of the molecule is CN1CC2(CCCNCC3(CC3)Cn3cc(cn3)C1=O)CN(C(=O)OC(C)(C)C)CCO2. The molecule has 9 heteroatoms. The summed E-state index contributed by atoms with van der Waals surface area (Å²) in [6, 6.07) is 0. The lowest BCUT2D eigenvalue weighted by atomic mass is 9.94. The van der Waals surface area contributed by atoms with Crippen molar-refractivity contribution in [1.82, 2.24) is 24.9 Å². The molecule has 9 nitrogen and oxygen atoms in total. The Bertz CT molecular complexity index is 844. The molecule has 2 fully saturated rings. The molecule has 1 atom stereocenters. The first-order valence-corrected chi connectivity index (χ1v) is 11.7. The van der Waals surface area contributed by atoms with E-state index in [0.717, 1.165) is 32.5 Å². The van der Waals surface area contributed by atoms with Crippen molar-refractivity contribution in [1.29, 1.82) is 0 Å². The van der Waals surface area contributed by atoms with E-state index >= 15 is 0 Å². The summed E-state index contributed by atoms with van der Waals surface area (Å²) < 4.78 is 13.8. The minimum atomic E-state index is -0.626. The molecule has 1 aromatic heterocycles. The maximum Gasteiger partial charge on any atom is 0.410 e. The van der Waals surface area contributed by atoms with Gasteiger partial charge in [-0.25, -0.2) is 4.79 Å². The first-order chi connectivity index (χ1) is 15.1. The molecule has 1 unspecified atom stereocenters. The third-order valence-corrected chi connectivity index (χ3v) is 6.59. The molecular weight excluding hydrogens is 410 g/mol. The highest BCUT2D eigenvalue weighted by Crippen LogP contribution is 2.46. The zero-order chi connectivity index (χ0) is 23.0. The van der Waals surface area contributed by atoms with Gasteiger partial charge < -0.3 is 24.6 Å². The third kappa shape index (κ3) is 5.43. The van der Waals surface area contributed by atoms with Crippen molar-refractivity contribution >= 4 is 12.0 Å². The van der Waals surface area contributed by atoms with Gasteiger partial charge in [0.25, 0.3) is 5.91 Å². The van der Waals surface area contributed by atoms with Crippen LogP contribution in [0.15, 0.2) is 12.4 Å². The standard InChI is InChI=1S/C23H37N5O4/c1-21(2,3)32-20(30)27-10-11-31-23(17-27)6-5-9-24-14-22(7-8-22)15-28-13-18(12-25-28)19(29)26(4)16-23/h12-13,24H,5-11,14-17H2,1-4H3. The molecule has 1 saturated heterocycles. The van der Waals surface area contributed by atoms with E-state index in [1.807, 2.05) is 31.6 Å². The summed E-state index contributed by atoms with van der Waals surface area (Å²) >= 11 is 0. The van der Waals surface area contributed by atoms with E-state index in [1.54, 1.807) is 23.0 Å². The van der Waals surface area contributed by atoms with Crippen LogP contribution in [0, 0.1) is 5.41 Å². The number of nitrogens with zero attached hydrogens (tertiary/aromatic N) is 4. The Labute approximate surface area is 190 Å². The maximum atomic E-state index is 13.1. The molecule has 4 rings (SSSR count). The van der Waals surface area contributed by atoms with Crippen LogP contribution >= 0.6 is 0 Å². The molecule has 0 radical (unpaired) electrons. The highest BCUT2D eigenvalue weighted by atomic mass is 16.6. The lowest BCUT2D eigenvalue weighted by Gasteiger charge is -2.44. The lowest BCUT2D eigenvalue weighted by Crippen LogP contribution is -2.59. The van der Waals surface area contributed by atoms with Crippen LogP contribution in [0.3, 0.4) is 0 Å². The fourth-order valence-electron chi connectivity index (χ4n) is 4.74. The van der Waals surface area contributed by atoms with Crippen LogP contribution in [-0.2, 0) is 16.0 Å². The molecular formula is C23H37N5O4. The second-order valence-corrected chi connectivity index (χ2v) is 10.8. The van der Waals surface area contributed by atoms with Gasteiger partial charge in [-0.2, -0.15) is 5.10 Å². The zero-order valence-corrected chi connectivity index (χ0v) is 19.9. The van der Waals surface area contributed by atoms with Crippen molar-refractivity contribution in [3.63, 3.8) is 0 Å². The molecule has 0 aromatic carbocycles. The molecule has 1 aliphatic carbocycles. The number of ether oxygens (including phenoxy) is 2. The average Bonchev–Trinajstić information content (AvgIpc) is 3.31. The quantitative estimate of drug-likeness (QED) is 0.655. The van der Waals surface area contributed by atoms with Gasteiger partial charge >= 0.3 is 6.09 Å². The smallest absolute Gasteiger partial charge is 0.410 e. The Kier molecular flexibility index (Phi) is 6.24. The number of hydrogen-bond acceptors (Lipinski definition) is 6. The van der Waals surface area contributed by atoms with Crippen molar-refractivity contribution in [2.24, 2.45) is 5.41 Å². The Hall–Kier alpha value is -2.13. The fourth-order valence-corrected chi connectivity index (χ4v) is 4.74. The molecule has 1 saturated carbocycles. The molecule has 32 heavy (non-hydrogen) atoms. The highest BCUT2D eigenvalue weighted by Gasteiger charge is 2.44. The Balaban J connectivity index is 1.53. The zero-order valence-electron chi connectivity index (χ0n) is 19.9. The average molecular weight is 448 g/mol. The van der Waals surface area contributed by atoms with E-state index in [2.05, 4.69) is 10.4 Å². The number of hydrogen-bond donors (Lipinski definition) is 1. The number of fused-ring (bicyclic) bond motifs is 2. The largest absolute Gasteiger partial charge is 0.444 e. The number of aromatic nitrogens is 2. The van der Waals surface area contributed by atoms with Crippen LogP contribution in [0.4, 0.5) is 4.79 Å². The summed E-state index contributed by atoms with van der Waals surface area (Å²) in [4.78, 5) is 29.3. The second-order valence-electron chi connectivity index (χ2n) is 10.8. The van der Waals surface area contributed by atoms with Crippen LogP contribution in [-0.4, -0.2) is 89.2 Å². The summed E-state index contributed by atoms with van der Waals surface area (Å²) in [5, 5.41) is 8.06. The van der Waals surface area contributed by atoms with E-state index in [0.29, 0.717) is 31.8 Å². The van der Waals surface area contributed by atoms with Crippen LogP contribution in [0.25, 0.3) is 0 Å². The number of morpholine rings is 1. The van der Waals surface area contributed by atoms with Gasteiger partial charge in [-0.3, -0.25) is 9.48 Å². The number of carbonyl (C=O) groups is 2. The van der Waals surface area contributed by atoms with E-state index < -0.39 is 11.2 Å². The summed E-state index contributed by atoms with van der Waals surface area (Å²) in [6.07, 6.45) is 7.20. The van der Waals surface area contributed by atoms with Gasteiger partial charge in [0.2, 0.25) is 0 Å². The summed E-state index contributed by atoms with van der Waals surface area (Å²) in [7, 11) is 1.80. The van der Waals surface area contributed by atoms with Crippen LogP contribution in [0.2, 0.25) is 0 Å². The molecule has 2 aliphatic heterocycles. The van der Waals surface area contributed by atoms with Gasteiger partial charge in [-0.15, -0.1) is 0 Å². The Morgan fingerprint density at radius 3 is 2.72 bits per heavy atom. The van der Waals surface area contributed by atoms with Gasteiger partial charge in [0, 0.05) is 38.3 Å². The van der Waals surface area contributed by atoms with Crippen molar-refractivity contribution in [2.45, 2.75) is 64.2 Å². The van der Waals surface area contributed by atoms with E-state index in [4.69, 9.17) is 9.47 Å². The topological polar surface area (TPSA) is 88.9 Å². The van der Waals surface area contributed by atoms with Gasteiger partial charge in [0.15, 0.2) is 0 Å². The van der Waals surface area contributed by atoms with Gasteiger partial charge in [-0.1, -0.05) is 0 Å². The first-order valence-electron chi connectivity index (χ1n) is 11.7. The summed E-state index contributed by atoms with van der Waals surface area (Å²) in [5.41, 5.74) is -0.349. The van der Waals surface area contributed by atoms with Gasteiger partial charge in [0.05, 0.1) is 31.5 Å². The highest BCUT2D eigenvalue weighted by molar-refractivity contribution is 5.93. The lowest BCUT2D eigenvalue weighted by molar-refractivity contribution is -0.120. The predicted octanol–water partition coefficient (Wildman–Crippen LogP) is 2.12. The van der Waals surface area contributed by atoms with Crippen LogP contribution in [0.1, 0.15) is 56.8 Å². The Morgan fingerprint density at radius 1 is 1.22 bits per heavy atom. The van der Waals surface area contributed by atoms with E-state index in [1.165, 1.54) is 12.8 Å². The van der Waals surface area contributed by atoms with Gasteiger partial charge in [0.1, 0.15) is 11.2 Å². The third-order valence-electron chi connectivity index (χ3n) is 6.59. The molecule has 178 valence electrons. The van der Waals surface area contributed by atoms with E-state index in [9.17, 15) is 9.59 Å². The molecule has 1 N–H and O–H groups in total. The molecule has 3 heterocycles. The number of carbonyl (C=O) groups excluding carboxylic acids is 2. The first kappa shape index (κ1) is 23.0. The molecule has 2 spiro atoms. The van der Waals surface area contributed by atoms with Crippen LogP contribution in [0.5, 0.6) is 0 Å². The number of amides is 2. The summed E-state index contributed by atoms with van der Waals surface area (Å²) in [5.74, 6) is -0.0753. The van der Waals surface area contributed by atoms with Crippen molar-refractivity contribution in [3.8, 4) is 0 Å². The molecule has 1 aromatic rings. The minimum Gasteiger partial charge on any atom is -0.444 e. The monoisotopic (exact) mass is 447 g/mol. The molecule has 3 aliphatic rings. The second kappa shape index (κ2) is 8.67. The summed E-state index contributed by atoms with van der Waals surface area (Å²) in [6.45, 7) is 10.00. The van der Waals surface area contributed by atoms with Crippen molar-refractivity contribution in [3.05, 3.63) is 18.0 Å². The van der Waals surface area contributed by atoms with Crippen molar-refractivity contribution in [2.75, 3.05) is 46.4 Å². The normalized spacial score (nSPS) is 26.8. The minimum absolute atomic E-state index is 0.0753. The number of nitrogens with one attached hydrogen (secondary N) is 1. The van der Waals surface area contributed by atoms with Crippen LogP contribution < -0.4 is 5.32 Å². The van der Waals surface area contributed by atoms with E-state index in [-0.39, 0.29) is 17.4 Å². The predicted molar refractivity (Wildman–Crippen MR) is 119 cm³/mol. The molecule has 2 bridgehead atoms. The molecule has 2 amide bonds. The maximum absolute atomic E-state index is 13.1. The van der Waals surface area contributed by atoms with Gasteiger partial charge in [-0.05, 0) is 53.0 Å². The van der Waals surface area contributed by atoms with Crippen molar-refractivity contribution < 1.29 is 19.1 Å².